The molecule has 0 saturated carbocycles. The zero-order chi connectivity index (χ0) is 10.2. The Morgan fingerprint density at radius 2 is 1.86 bits per heavy atom. The van der Waals surface area contributed by atoms with E-state index in [1.54, 1.807) is 7.11 Å². The number of rotatable bonds is 6. The van der Waals surface area contributed by atoms with Gasteiger partial charge in [0.2, 0.25) is 0 Å². The average Bonchev–Trinajstić information content (AvgIpc) is 2.21. The first-order valence-corrected chi connectivity index (χ1v) is 4.68. The molecular formula is C11H16O3. The van der Waals surface area contributed by atoms with E-state index in [1.165, 1.54) is 0 Å². The molecule has 0 aromatic heterocycles. The first-order valence-electron chi connectivity index (χ1n) is 4.68. The van der Waals surface area contributed by atoms with Crippen LogP contribution in [0.5, 0.6) is 5.75 Å². The quantitative estimate of drug-likeness (QED) is 0.696. The fraction of sp³-hybridized carbons (Fsp3) is 0.455. The van der Waals surface area contributed by atoms with E-state index >= 15 is 0 Å². The highest BCUT2D eigenvalue weighted by Gasteiger charge is 1.94. The lowest BCUT2D eigenvalue weighted by molar-refractivity contribution is 0.146. The Hall–Kier alpha value is -1.06. The number of aliphatic hydroxyl groups excluding tert-OH is 1. The molecule has 1 aromatic rings. The van der Waals surface area contributed by atoms with Crippen molar-refractivity contribution in [2.45, 2.75) is 6.42 Å². The van der Waals surface area contributed by atoms with Gasteiger partial charge >= 0.3 is 0 Å². The van der Waals surface area contributed by atoms with Gasteiger partial charge in [-0.25, -0.2) is 0 Å². The maximum Gasteiger partial charge on any atom is 0.119 e. The summed E-state index contributed by atoms with van der Waals surface area (Å²) < 4.78 is 10.3. The molecule has 0 aliphatic heterocycles. The highest BCUT2D eigenvalue weighted by Crippen LogP contribution is 2.12. The molecule has 0 heterocycles. The summed E-state index contributed by atoms with van der Waals surface area (Å²) in [6, 6.07) is 7.72. The van der Waals surface area contributed by atoms with E-state index in [2.05, 4.69) is 0 Å². The van der Waals surface area contributed by atoms with Crippen LogP contribution in [0, 0.1) is 0 Å². The van der Waals surface area contributed by atoms with Crippen LogP contribution in [0.15, 0.2) is 24.3 Å². The molecule has 0 radical (unpaired) electrons. The van der Waals surface area contributed by atoms with Gasteiger partial charge in [-0.15, -0.1) is 0 Å². The second kappa shape index (κ2) is 6.40. The van der Waals surface area contributed by atoms with Crippen LogP contribution in [-0.2, 0) is 11.2 Å². The fourth-order valence-electron chi connectivity index (χ4n) is 1.12. The normalized spacial score (nSPS) is 10.1. The second-order valence-electron chi connectivity index (χ2n) is 2.96. The molecular weight excluding hydrogens is 180 g/mol. The minimum absolute atomic E-state index is 0.184. The number of hydrogen-bond acceptors (Lipinski definition) is 3. The van der Waals surface area contributed by atoms with E-state index in [0.717, 1.165) is 11.3 Å². The Morgan fingerprint density at radius 3 is 2.43 bits per heavy atom. The average molecular weight is 196 g/mol. The third kappa shape index (κ3) is 3.77. The van der Waals surface area contributed by atoms with Crippen molar-refractivity contribution < 1.29 is 14.6 Å². The predicted octanol–water partition coefficient (Wildman–Crippen LogP) is 1.25. The zero-order valence-electron chi connectivity index (χ0n) is 8.40. The van der Waals surface area contributed by atoms with E-state index in [1.807, 2.05) is 24.3 Å². The van der Waals surface area contributed by atoms with Gasteiger partial charge in [-0.3, -0.25) is 0 Å². The topological polar surface area (TPSA) is 38.7 Å². The number of methoxy groups -OCH3 is 1. The van der Waals surface area contributed by atoms with Gasteiger partial charge in [-0.05, 0) is 24.1 Å². The van der Waals surface area contributed by atoms with E-state index in [4.69, 9.17) is 14.6 Å². The Morgan fingerprint density at radius 1 is 1.14 bits per heavy atom. The van der Waals surface area contributed by atoms with Gasteiger partial charge in [0.25, 0.3) is 0 Å². The van der Waals surface area contributed by atoms with Crippen LogP contribution in [0.4, 0.5) is 0 Å². The molecule has 3 nitrogen and oxygen atoms in total. The molecule has 14 heavy (non-hydrogen) atoms. The Bertz CT molecular complexity index is 243. The lowest BCUT2D eigenvalue weighted by Crippen LogP contribution is -2.04. The summed E-state index contributed by atoms with van der Waals surface area (Å²) in [7, 11) is 1.65. The van der Waals surface area contributed by atoms with Gasteiger partial charge < -0.3 is 14.6 Å². The Kier molecular flexibility index (Phi) is 5.04. The number of benzene rings is 1. The van der Waals surface area contributed by atoms with E-state index < -0.39 is 0 Å². The molecule has 0 amide bonds. The molecule has 0 fully saturated rings. The molecule has 1 N–H and O–H groups in total. The monoisotopic (exact) mass is 196 g/mol. The number of aliphatic hydroxyl groups is 1. The zero-order valence-corrected chi connectivity index (χ0v) is 8.40. The van der Waals surface area contributed by atoms with Gasteiger partial charge in [0.15, 0.2) is 0 Å². The van der Waals surface area contributed by atoms with Gasteiger partial charge in [0.05, 0.1) is 6.61 Å². The van der Waals surface area contributed by atoms with Crippen LogP contribution < -0.4 is 4.74 Å². The SMILES string of the molecule is COCCOc1ccc(CCO)cc1. The minimum Gasteiger partial charge on any atom is -0.491 e. The molecule has 0 aliphatic carbocycles. The van der Waals surface area contributed by atoms with Crippen molar-refractivity contribution in [3.63, 3.8) is 0 Å². The Labute approximate surface area is 84.3 Å². The molecule has 78 valence electrons. The summed E-state index contributed by atoms with van der Waals surface area (Å²) in [5.41, 5.74) is 1.12. The van der Waals surface area contributed by atoms with Crippen LogP contribution in [-0.4, -0.2) is 32.0 Å². The van der Waals surface area contributed by atoms with Gasteiger partial charge in [-0.2, -0.15) is 0 Å². The second-order valence-corrected chi connectivity index (χ2v) is 2.96. The minimum atomic E-state index is 0.184. The third-order valence-electron chi connectivity index (χ3n) is 1.88. The van der Waals surface area contributed by atoms with Crippen LogP contribution in [0.25, 0.3) is 0 Å². The molecule has 0 atom stereocenters. The van der Waals surface area contributed by atoms with Crippen molar-refractivity contribution in [2.75, 3.05) is 26.9 Å². The summed E-state index contributed by atoms with van der Waals surface area (Å²) in [6.07, 6.45) is 0.693. The summed E-state index contributed by atoms with van der Waals surface area (Å²) in [6.45, 7) is 1.35. The molecule has 1 aromatic carbocycles. The van der Waals surface area contributed by atoms with Crippen LogP contribution in [0.2, 0.25) is 0 Å². The van der Waals surface area contributed by atoms with E-state index in [9.17, 15) is 0 Å². The van der Waals surface area contributed by atoms with Crippen molar-refractivity contribution >= 4 is 0 Å². The summed E-state index contributed by atoms with van der Waals surface area (Å²) >= 11 is 0. The molecule has 0 aliphatic rings. The van der Waals surface area contributed by atoms with Crippen LogP contribution >= 0.6 is 0 Å². The van der Waals surface area contributed by atoms with Crippen molar-refractivity contribution in [3.8, 4) is 5.75 Å². The van der Waals surface area contributed by atoms with Crippen molar-refractivity contribution in [3.05, 3.63) is 29.8 Å². The molecule has 0 bridgehead atoms. The summed E-state index contributed by atoms with van der Waals surface area (Å²) in [5.74, 6) is 0.837. The molecule has 1 rings (SSSR count). The standard InChI is InChI=1S/C11H16O3/c1-13-8-9-14-11-4-2-10(3-5-11)6-7-12/h2-5,12H,6-9H2,1H3. The highest BCUT2D eigenvalue weighted by atomic mass is 16.5. The molecule has 3 heteroatoms. The van der Waals surface area contributed by atoms with Crippen molar-refractivity contribution in [2.24, 2.45) is 0 Å². The summed E-state index contributed by atoms with van der Waals surface area (Å²) in [4.78, 5) is 0. The Balaban J connectivity index is 2.38. The van der Waals surface area contributed by atoms with Crippen LogP contribution in [0.1, 0.15) is 5.56 Å². The maximum atomic E-state index is 8.71. The highest BCUT2D eigenvalue weighted by molar-refractivity contribution is 5.27. The first kappa shape index (κ1) is 11.0. The smallest absolute Gasteiger partial charge is 0.119 e. The largest absolute Gasteiger partial charge is 0.491 e. The third-order valence-corrected chi connectivity index (χ3v) is 1.88. The van der Waals surface area contributed by atoms with Gasteiger partial charge in [-0.1, -0.05) is 12.1 Å². The summed E-state index contributed by atoms with van der Waals surface area (Å²) in [5, 5.41) is 8.71. The lowest BCUT2D eigenvalue weighted by atomic mass is 10.1. The molecule has 0 saturated heterocycles. The maximum absolute atomic E-state index is 8.71. The predicted molar refractivity (Wildman–Crippen MR) is 54.6 cm³/mol. The van der Waals surface area contributed by atoms with E-state index in [-0.39, 0.29) is 6.61 Å². The molecule has 0 unspecified atom stereocenters. The number of hydrogen-bond donors (Lipinski definition) is 1. The van der Waals surface area contributed by atoms with Crippen molar-refractivity contribution in [1.82, 2.24) is 0 Å². The van der Waals surface area contributed by atoms with Crippen molar-refractivity contribution in [1.29, 1.82) is 0 Å². The van der Waals surface area contributed by atoms with Gasteiger partial charge in [0.1, 0.15) is 12.4 Å². The van der Waals surface area contributed by atoms with E-state index in [0.29, 0.717) is 19.6 Å². The first-order chi connectivity index (χ1) is 6.86. The van der Waals surface area contributed by atoms with Gasteiger partial charge in [0, 0.05) is 13.7 Å². The number of ether oxygens (including phenoxy) is 2. The fourth-order valence-corrected chi connectivity index (χ4v) is 1.12. The van der Waals surface area contributed by atoms with Crippen LogP contribution in [0.3, 0.4) is 0 Å². The lowest BCUT2D eigenvalue weighted by Gasteiger charge is -2.05. The molecule has 0 spiro atoms.